The van der Waals surface area contributed by atoms with Crippen molar-refractivity contribution in [1.82, 2.24) is 9.78 Å². The number of hydrogen-bond donors (Lipinski definition) is 1. The van der Waals surface area contributed by atoms with Crippen LogP contribution in [-0.2, 0) is 4.79 Å². The van der Waals surface area contributed by atoms with Gasteiger partial charge in [0.2, 0.25) is 0 Å². The molecular weight excluding hydrogens is 336 g/mol. The second-order valence-corrected chi connectivity index (χ2v) is 7.23. The smallest absolute Gasteiger partial charge is 0.184 e. The number of nitrogens with one attached hydrogen (secondary N) is 1. The Balaban J connectivity index is 2.10. The maximum Gasteiger partial charge on any atom is 0.184 e. The first-order valence-electron chi connectivity index (χ1n) is 6.28. The number of carbonyl (C=O) groups excluding carboxylic acids is 1. The van der Waals surface area contributed by atoms with E-state index >= 15 is 0 Å². The molecule has 0 aliphatic heterocycles. The van der Waals surface area contributed by atoms with Crippen LogP contribution in [0.3, 0.4) is 0 Å². The predicted molar refractivity (Wildman–Crippen MR) is 90.5 cm³/mol. The Bertz CT molecular complexity index is 788. The van der Waals surface area contributed by atoms with Crippen molar-refractivity contribution in [2.24, 2.45) is 5.92 Å². The summed E-state index contributed by atoms with van der Waals surface area (Å²) in [6, 6.07) is 11.4. The molecule has 0 aliphatic carbocycles. The molecule has 112 valence electrons. The quantitative estimate of drug-likeness (QED) is 0.491. The van der Waals surface area contributed by atoms with E-state index in [2.05, 4.69) is 5.10 Å². The molecule has 2 rings (SSSR count). The molecule has 1 aromatic carbocycles. The first-order chi connectivity index (χ1) is 10.5. The largest absolute Gasteiger partial charge is 0.308 e. The average Bonchev–Trinajstić information content (AvgIpc) is 2.87. The van der Waals surface area contributed by atoms with Crippen molar-refractivity contribution < 1.29 is 4.79 Å². The number of thioether (sulfide) groups is 1. The Hall–Kier alpha value is -1.82. The van der Waals surface area contributed by atoms with Gasteiger partial charge in [-0.25, -0.2) is 4.68 Å². The molecule has 5 nitrogen and oxygen atoms in total. The van der Waals surface area contributed by atoms with Crippen molar-refractivity contribution in [1.29, 1.82) is 10.7 Å². The Kier molecular flexibility index (Phi) is 5.60. The molecule has 1 aromatic heterocycles. The summed E-state index contributed by atoms with van der Waals surface area (Å²) in [5.74, 6) is -1.16. The number of benzene rings is 1. The van der Waals surface area contributed by atoms with Crippen molar-refractivity contribution in [3.05, 3.63) is 34.3 Å². The van der Waals surface area contributed by atoms with Crippen molar-refractivity contribution >= 4 is 46.8 Å². The van der Waals surface area contributed by atoms with Gasteiger partial charge in [0.1, 0.15) is 5.92 Å². The molecule has 1 heterocycles. The Morgan fingerprint density at radius 1 is 1.55 bits per heavy atom. The number of para-hydroxylation sites is 1. The lowest BCUT2D eigenvalue weighted by molar-refractivity contribution is -0.117. The standard InChI is InChI=1S/C14H12N4OS3/c1-9(16)11(7-15)12(19)8-21-13-17-18(14(20)22-13)10-5-3-2-4-6-10/h2-6,11,16H,8H2,1H3. The molecule has 1 atom stereocenters. The Morgan fingerprint density at radius 3 is 2.82 bits per heavy atom. The highest BCUT2D eigenvalue weighted by molar-refractivity contribution is 8.01. The van der Waals surface area contributed by atoms with Crippen molar-refractivity contribution in [2.45, 2.75) is 11.3 Å². The van der Waals surface area contributed by atoms with Crippen molar-refractivity contribution in [3.8, 4) is 11.8 Å². The first-order valence-corrected chi connectivity index (χ1v) is 8.49. The van der Waals surface area contributed by atoms with Crippen LogP contribution < -0.4 is 0 Å². The van der Waals surface area contributed by atoms with E-state index in [0.717, 1.165) is 5.69 Å². The third kappa shape index (κ3) is 3.88. The van der Waals surface area contributed by atoms with Gasteiger partial charge in [-0.15, -0.1) is 5.10 Å². The van der Waals surface area contributed by atoms with E-state index in [-0.39, 0.29) is 17.2 Å². The number of nitriles is 1. The minimum absolute atomic E-state index is 0.0653. The van der Waals surface area contributed by atoms with Gasteiger partial charge < -0.3 is 5.41 Å². The van der Waals surface area contributed by atoms with Gasteiger partial charge >= 0.3 is 0 Å². The third-order valence-electron chi connectivity index (χ3n) is 2.75. The fraction of sp³-hybridized carbons (Fsp3) is 0.214. The Morgan fingerprint density at radius 2 is 2.23 bits per heavy atom. The van der Waals surface area contributed by atoms with Crippen LogP contribution in [0.4, 0.5) is 0 Å². The molecule has 1 unspecified atom stereocenters. The van der Waals surface area contributed by atoms with Gasteiger partial charge in [-0.1, -0.05) is 41.3 Å². The molecule has 0 saturated heterocycles. The van der Waals surface area contributed by atoms with Crippen molar-refractivity contribution in [2.75, 3.05) is 5.75 Å². The Labute approximate surface area is 141 Å². The molecule has 0 radical (unpaired) electrons. The predicted octanol–water partition coefficient (Wildman–Crippen LogP) is 3.50. The van der Waals surface area contributed by atoms with Gasteiger partial charge in [-0.2, -0.15) is 5.26 Å². The molecule has 0 spiro atoms. The highest BCUT2D eigenvalue weighted by Crippen LogP contribution is 2.24. The fourth-order valence-electron chi connectivity index (χ4n) is 1.68. The molecule has 0 saturated carbocycles. The summed E-state index contributed by atoms with van der Waals surface area (Å²) in [5.41, 5.74) is 0.933. The average molecular weight is 348 g/mol. The SMILES string of the molecule is CC(=N)C(C#N)C(=O)CSc1nn(-c2ccccc2)c(=S)s1. The maximum absolute atomic E-state index is 11.9. The van der Waals surface area contributed by atoms with Crippen LogP contribution in [0.25, 0.3) is 5.69 Å². The molecule has 0 amide bonds. The van der Waals surface area contributed by atoms with Gasteiger partial charge in [0, 0.05) is 5.71 Å². The summed E-state index contributed by atoms with van der Waals surface area (Å²) in [4.78, 5) is 11.9. The molecule has 0 aliphatic rings. The zero-order chi connectivity index (χ0) is 16.1. The number of rotatable bonds is 6. The maximum atomic E-state index is 11.9. The molecule has 8 heteroatoms. The highest BCUT2D eigenvalue weighted by atomic mass is 32.2. The van der Waals surface area contributed by atoms with Crippen LogP contribution >= 0.6 is 35.3 Å². The minimum atomic E-state index is -0.975. The van der Waals surface area contributed by atoms with Gasteiger partial charge in [-0.3, -0.25) is 4.79 Å². The summed E-state index contributed by atoms with van der Waals surface area (Å²) >= 11 is 7.85. The van der Waals surface area contributed by atoms with E-state index < -0.39 is 5.92 Å². The van der Waals surface area contributed by atoms with Gasteiger partial charge in [0.05, 0.1) is 17.5 Å². The fourth-order valence-corrected chi connectivity index (χ4v) is 3.94. The number of hydrogen-bond acceptors (Lipinski definition) is 7. The van der Waals surface area contributed by atoms with Crippen LogP contribution in [0.5, 0.6) is 0 Å². The van der Waals surface area contributed by atoms with E-state index in [9.17, 15) is 4.79 Å². The zero-order valence-corrected chi connectivity index (χ0v) is 14.1. The van der Waals surface area contributed by atoms with Crippen LogP contribution in [0.2, 0.25) is 0 Å². The number of Topliss-reactive ketones (excluding diaryl/α,β-unsaturated/α-hetero) is 1. The summed E-state index contributed by atoms with van der Waals surface area (Å²) in [5, 5.41) is 20.7. The van der Waals surface area contributed by atoms with Gasteiger partial charge in [0.15, 0.2) is 14.1 Å². The number of aromatic nitrogens is 2. The van der Waals surface area contributed by atoms with E-state index in [0.29, 0.717) is 8.29 Å². The van der Waals surface area contributed by atoms with Crippen LogP contribution in [0.15, 0.2) is 34.7 Å². The minimum Gasteiger partial charge on any atom is -0.308 e. The second-order valence-electron chi connectivity index (χ2n) is 4.38. The molecule has 22 heavy (non-hydrogen) atoms. The van der Waals surface area contributed by atoms with E-state index in [1.165, 1.54) is 30.0 Å². The summed E-state index contributed by atoms with van der Waals surface area (Å²) in [7, 11) is 0. The number of carbonyl (C=O) groups is 1. The lowest BCUT2D eigenvalue weighted by Gasteiger charge is -2.04. The van der Waals surface area contributed by atoms with Crippen LogP contribution in [0.1, 0.15) is 6.92 Å². The first kappa shape index (κ1) is 16.5. The summed E-state index contributed by atoms with van der Waals surface area (Å²) in [6.45, 7) is 1.46. The van der Waals surface area contributed by atoms with Gasteiger partial charge in [0.25, 0.3) is 0 Å². The highest BCUT2D eigenvalue weighted by Gasteiger charge is 2.20. The molecule has 0 fully saturated rings. The van der Waals surface area contributed by atoms with Gasteiger partial charge in [-0.05, 0) is 31.3 Å². The molecule has 0 bridgehead atoms. The lowest BCUT2D eigenvalue weighted by Crippen LogP contribution is -2.21. The second kappa shape index (κ2) is 7.45. The van der Waals surface area contributed by atoms with E-state index in [4.69, 9.17) is 22.9 Å². The number of ketones is 1. The molecule has 2 aromatic rings. The normalized spacial score (nSPS) is 11.6. The van der Waals surface area contributed by atoms with E-state index in [1.54, 1.807) is 4.68 Å². The van der Waals surface area contributed by atoms with E-state index in [1.807, 2.05) is 36.4 Å². The lowest BCUT2D eigenvalue weighted by atomic mass is 10.0. The third-order valence-corrected chi connectivity index (χ3v) is 5.14. The zero-order valence-electron chi connectivity index (χ0n) is 11.6. The summed E-state index contributed by atoms with van der Waals surface area (Å²) < 4.78 is 2.92. The topological polar surface area (TPSA) is 82.5 Å². The molecule has 1 N–H and O–H groups in total. The van der Waals surface area contributed by atoms with Crippen molar-refractivity contribution in [3.63, 3.8) is 0 Å². The van der Waals surface area contributed by atoms with Crippen LogP contribution in [0, 0.1) is 26.6 Å². The summed E-state index contributed by atoms with van der Waals surface area (Å²) in [6.07, 6.45) is 0. The molecular formula is C14H12N4OS3. The monoisotopic (exact) mass is 348 g/mol. The van der Waals surface area contributed by atoms with Crippen LogP contribution in [-0.4, -0.2) is 27.0 Å². The number of nitrogens with zero attached hydrogens (tertiary/aromatic N) is 3.